The second-order valence-electron chi connectivity index (χ2n) is 3.54. The van der Waals surface area contributed by atoms with Gasteiger partial charge in [-0.3, -0.25) is 4.79 Å². The van der Waals surface area contributed by atoms with E-state index >= 15 is 0 Å². The predicted molar refractivity (Wildman–Crippen MR) is 48.5 cm³/mol. The molecule has 13 heavy (non-hydrogen) atoms. The van der Waals surface area contributed by atoms with Crippen molar-refractivity contribution in [2.75, 3.05) is 27.3 Å². The van der Waals surface area contributed by atoms with Crippen molar-refractivity contribution in [2.24, 2.45) is 0 Å². The van der Waals surface area contributed by atoms with E-state index in [1.54, 1.807) is 0 Å². The summed E-state index contributed by atoms with van der Waals surface area (Å²) in [6, 6.07) is 0.192. The first-order valence-corrected chi connectivity index (χ1v) is 4.52. The summed E-state index contributed by atoms with van der Waals surface area (Å²) < 4.78 is 10.5. The maximum absolute atomic E-state index is 10.8. The second-order valence-corrected chi connectivity index (χ2v) is 3.54. The fourth-order valence-corrected chi connectivity index (χ4v) is 1.54. The van der Waals surface area contributed by atoms with E-state index in [1.807, 2.05) is 19.0 Å². The SMILES string of the molecule is CC(=O)OC1CCOCC1N(C)C. The van der Waals surface area contributed by atoms with Gasteiger partial charge in [0.1, 0.15) is 6.10 Å². The molecule has 1 aliphatic rings. The highest BCUT2D eigenvalue weighted by atomic mass is 16.6. The molecule has 0 aliphatic carbocycles. The fourth-order valence-electron chi connectivity index (χ4n) is 1.54. The molecule has 4 heteroatoms. The van der Waals surface area contributed by atoms with Gasteiger partial charge in [-0.2, -0.15) is 0 Å². The molecule has 2 atom stereocenters. The Labute approximate surface area is 78.8 Å². The maximum atomic E-state index is 10.8. The van der Waals surface area contributed by atoms with Crippen LogP contribution in [0, 0.1) is 0 Å². The van der Waals surface area contributed by atoms with Crippen LogP contribution in [0.25, 0.3) is 0 Å². The average Bonchev–Trinajstić information content (AvgIpc) is 2.03. The summed E-state index contributed by atoms with van der Waals surface area (Å²) in [5.41, 5.74) is 0. The molecule has 1 aliphatic heterocycles. The van der Waals surface area contributed by atoms with Crippen molar-refractivity contribution < 1.29 is 14.3 Å². The average molecular weight is 187 g/mol. The fraction of sp³-hybridized carbons (Fsp3) is 0.889. The Balaban J connectivity index is 2.51. The largest absolute Gasteiger partial charge is 0.461 e. The lowest BCUT2D eigenvalue weighted by molar-refractivity contribution is -0.156. The van der Waals surface area contributed by atoms with Gasteiger partial charge in [-0.25, -0.2) is 0 Å². The third-order valence-electron chi connectivity index (χ3n) is 2.25. The van der Waals surface area contributed by atoms with E-state index in [0.717, 1.165) is 6.42 Å². The van der Waals surface area contributed by atoms with Crippen molar-refractivity contribution in [3.63, 3.8) is 0 Å². The summed E-state index contributed by atoms with van der Waals surface area (Å²) in [5.74, 6) is -0.209. The summed E-state index contributed by atoms with van der Waals surface area (Å²) in [6.07, 6.45) is 0.781. The summed E-state index contributed by atoms with van der Waals surface area (Å²) in [7, 11) is 3.94. The van der Waals surface area contributed by atoms with E-state index in [-0.39, 0.29) is 18.1 Å². The minimum Gasteiger partial charge on any atom is -0.461 e. The zero-order chi connectivity index (χ0) is 9.84. The van der Waals surface area contributed by atoms with Crippen LogP contribution in [0.15, 0.2) is 0 Å². The monoisotopic (exact) mass is 187 g/mol. The number of carbonyl (C=O) groups is 1. The van der Waals surface area contributed by atoms with E-state index in [9.17, 15) is 4.79 Å². The van der Waals surface area contributed by atoms with Crippen molar-refractivity contribution in [1.29, 1.82) is 0 Å². The van der Waals surface area contributed by atoms with E-state index in [0.29, 0.717) is 13.2 Å². The molecule has 4 nitrogen and oxygen atoms in total. The predicted octanol–water partition coefficient (Wildman–Crippen LogP) is 0.269. The van der Waals surface area contributed by atoms with Gasteiger partial charge >= 0.3 is 5.97 Å². The van der Waals surface area contributed by atoms with Crippen LogP contribution in [0.1, 0.15) is 13.3 Å². The van der Waals surface area contributed by atoms with Gasteiger partial charge in [-0.05, 0) is 14.1 Å². The van der Waals surface area contributed by atoms with Crippen LogP contribution in [0.5, 0.6) is 0 Å². The zero-order valence-corrected chi connectivity index (χ0v) is 8.45. The molecule has 0 radical (unpaired) electrons. The lowest BCUT2D eigenvalue weighted by atomic mass is 10.1. The van der Waals surface area contributed by atoms with E-state index in [4.69, 9.17) is 9.47 Å². The van der Waals surface area contributed by atoms with Crippen molar-refractivity contribution in [3.8, 4) is 0 Å². The topological polar surface area (TPSA) is 38.8 Å². The van der Waals surface area contributed by atoms with Crippen LogP contribution in [-0.4, -0.2) is 50.3 Å². The van der Waals surface area contributed by atoms with Gasteiger partial charge in [0.2, 0.25) is 0 Å². The number of esters is 1. The number of ether oxygens (including phenoxy) is 2. The normalized spacial score (nSPS) is 28.9. The highest BCUT2D eigenvalue weighted by molar-refractivity contribution is 5.66. The number of likely N-dealkylation sites (N-methyl/N-ethyl adjacent to an activating group) is 1. The van der Waals surface area contributed by atoms with Crippen LogP contribution in [0.3, 0.4) is 0 Å². The molecule has 1 rings (SSSR count). The quantitative estimate of drug-likeness (QED) is 0.582. The molecule has 0 aromatic carbocycles. The minimum atomic E-state index is -0.209. The van der Waals surface area contributed by atoms with E-state index < -0.39 is 0 Å². The van der Waals surface area contributed by atoms with Crippen molar-refractivity contribution in [3.05, 3.63) is 0 Å². The second kappa shape index (κ2) is 4.58. The third-order valence-corrected chi connectivity index (χ3v) is 2.25. The number of hydrogen-bond acceptors (Lipinski definition) is 4. The molecule has 0 amide bonds. The Morgan fingerprint density at radius 2 is 2.23 bits per heavy atom. The molecule has 76 valence electrons. The molecule has 1 saturated heterocycles. The molecule has 0 aromatic rings. The minimum absolute atomic E-state index is 0.0127. The van der Waals surface area contributed by atoms with E-state index in [1.165, 1.54) is 6.92 Å². The van der Waals surface area contributed by atoms with Gasteiger partial charge in [0.05, 0.1) is 19.3 Å². The first-order valence-electron chi connectivity index (χ1n) is 4.52. The number of nitrogens with zero attached hydrogens (tertiary/aromatic N) is 1. The maximum Gasteiger partial charge on any atom is 0.302 e. The Hall–Kier alpha value is -0.610. The first kappa shape index (κ1) is 10.5. The smallest absolute Gasteiger partial charge is 0.302 e. The Morgan fingerprint density at radius 3 is 2.77 bits per heavy atom. The van der Waals surface area contributed by atoms with Gasteiger partial charge < -0.3 is 14.4 Å². The molecule has 0 N–H and O–H groups in total. The molecule has 1 fully saturated rings. The van der Waals surface area contributed by atoms with Crippen LogP contribution in [0.4, 0.5) is 0 Å². The molecule has 0 saturated carbocycles. The van der Waals surface area contributed by atoms with Gasteiger partial charge in [0.15, 0.2) is 0 Å². The summed E-state index contributed by atoms with van der Waals surface area (Å²) in [4.78, 5) is 12.8. The van der Waals surface area contributed by atoms with Gasteiger partial charge in [-0.15, -0.1) is 0 Å². The number of hydrogen-bond donors (Lipinski definition) is 0. The summed E-state index contributed by atoms with van der Waals surface area (Å²) in [5, 5.41) is 0. The lowest BCUT2D eigenvalue weighted by Crippen LogP contribution is -2.48. The molecule has 2 unspecified atom stereocenters. The standard InChI is InChI=1S/C9H17NO3/c1-7(11)13-9-4-5-12-6-8(9)10(2)3/h8-9H,4-6H2,1-3H3. The molecular weight excluding hydrogens is 170 g/mol. The zero-order valence-electron chi connectivity index (χ0n) is 8.45. The Morgan fingerprint density at radius 1 is 1.54 bits per heavy atom. The summed E-state index contributed by atoms with van der Waals surface area (Å²) >= 11 is 0. The van der Waals surface area contributed by atoms with Gasteiger partial charge in [0.25, 0.3) is 0 Å². The molecule has 0 spiro atoms. The first-order chi connectivity index (χ1) is 6.11. The molecule has 0 bridgehead atoms. The molecule has 0 aromatic heterocycles. The highest BCUT2D eigenvalue weighted by Gasteiger charge is 2.29. The Kier molecular flexibility index (Phi) is 3.69. The van der Waals surface area contributed by atoms with Crippen molar-refractivity contribution >= 4 is 5.97 Å². The van der Waals surface area contributed by atoms with Crippen LogP contribution in [0.2, 0.25) is 0 Å². The van der Waals surface area contributed by atoms with E-state index in [2.05, 4.69) is 0 Å². The van der Waals surface area contributed by atoms with Gasteiger partial charge in [0, 0.05) is 13.3 Å². The number of rotatable bonds is 2. The Bertz CT molecular complexity index is 182. The molecular formula is C9H17NO3. The van der Waals surface area contributed by atoms with Crippen LogP contribution in [-0.2, 0) is 14.3 Å². The van der Waals surface area contributed by atoms with Crippen LogP contribution < -0.4 is 0 Å². The van der Waals surface area contributed by atoms with Crippen molar-refractivity contribution in [2.45, 2.75) is 25.5 Å². The third kappa shape index (κ3) is 2.97. The molecule has 1 heterocycles. The van der Waals surface area contributed by atoms with Gasteiger partial charge in [-0.1, -0.05) is 0 Å². The lowest BCUT2D eigenvalue weighted by Gasteiger charge is -2.34. The number of carbonyl (C=O) groups excluding carboxylic acids is 1. The van der Waals surface area contributed by atoms with Crippen molar-refractivity contribution in [1.82, 2.24) is 4.90 Å². The summed E-state index contributed by atoms with van der Waals surface area (Å²) in [6.45, 7) is 2.77. The van der Waals surface area contributed by atoms with Crippen LogP contribution >= 0.6 is 0 Å². The highest BCUT2D eigenvalue weighted by Crippen LogP contribution is 2.15.